The van der Waals surface area contributed by atoms with Crippen LogP contribution in [0.25, 0.3) is 20.7 Å². The van der Waals surface area contributed by atoms with Crippen LogP contribution in [0.2, 0.25) is 0 Å². The summed E-state index contributed by atoms with van der Waals surface area (Å²) in [5.74, 6) is 0.566. The first kappa shape index (κ1) is 12.7. The van der Waals surface area contributed by atoms with Gasteiger partial charge in [0.2, 0.25) is 0 Å². The number of benzene rings is 1. The third-order valence-electron chi connectivity index (χ3n) is 2.85. The van der Waals surface area contributed by atoms with Gasteiger partial charge in [-0.15, -0.1) is 17.9 Å². The van der Waals surface area contributed by atoms with Crippen LogP contribution in [-0.2, 0) is 0 Å². The average Bonchev–Trinajstić information content (AvgIpc) is 2.90. The van der Waals surface area contributed by atoms with E-state index in [1.807, 2.05) is 6.07 Å². The highest BCUT2D eigenvalue weighted by Crippen LogP contribution is 2.35. The molecular weight excluding hydrogens is 273 g/mol. The van der Waals surface area contributed by atoms with E-state index in [9.17, 15) is 4.39 Å². The molecule has 3 nitrogen and oxygen atoms in total. The van der Waals surface area contributed by atoms with Crippen molar-refractivity contribution >= 4 is 27.4 Å². The predicted octanol–water partition coefficient (Wildman–Crippen LogP) is 4.10. The molecule has 0 bridgehead atoms. The van der Waals surface area contributed by atoms with Gasteiger partial charge in [0.05, 0.1) is 10.2 Å². The molecule has 0 aliphatic rings. The molecule has 0 atom stereocenters. The Morgan fingerprint density at radius 1 is 1.25 bits per heavy atom. The number of nitrogens with zero attached hydrogens (tertiary/aromatic N) is 2. The largest absolute Gasteiger partial charge is 0.365 e. The number of hydrogen-bond donors (Lipinski definition) is 1. The van der Waals surface area contributed by atoms with Crippen molar-refractivity contribution in [1.82, 2.24) is 9.97 Å². The molecule has 0 fully saturated rings. The lowest BCUT2D eigenvalue weighted by molar-refractivity contribution is 0.628. The third-order valence-corrected chi connectivity index (χ3v) is 4.03. The molecule has 20 heavy (non-hydrogen) atoms. The van der Waals surface area contributed by atoms with Crippen LogP contribution in [0.3, 0.4) is 0 Å². The average molecular weight is 285 g/mol. The van der Waals surface area contributed by atoms with Crippen molar-refractivity contribution in [2.24, 2.45) is 0 Å². The minimum absolute atomic E-state index is 0.233. The van der Waals surface area contributed by atoms with Crippen molar-refractivity contribution in [1.29, 1.82) is 0 Å². The lowest BCUT2D eigenvalue weighted by atomic mass is 10.2. The molecule has 3 rings (SSSR count). The fourth-order valence-electron chi connectivity index (χ4n) is 1.91. The van der Waals surface area contributed by atoms with Gasteiger partial charge in [0.1, 0.15) is 18.0 Å². The summed E-state index contributed by atoms with van der Waals surface area (Å²) in [6, 6.07) is 8.45. The summed E-state index contributed by atoms with van der Waals surface area (Å²) in [7, 11) is 0. The molecule has 0 saturated heterocycles. The van der Waals surface area contributed by atoms with E-state index in [2.05, 4.69) is 21.9 Å². The van der Waals surface area contributed by atoms with Crippen LogP contribution in [0.5, 0.6) is 0 Å². The molecule has 5 heteroatoms. The molecule has 0 aliphatic carbocycles. The smallest absolute Gasteiger partial charge is 0.147 e. The monoisotopic (exact) mass is 285 g/mol. The first-order valence-electron chi connectivity index (χ1n) is 6.13. The van der Waals surface area contributed by atoms with Crippen LogP contribution in [0.15, 0.2) is 49.3 Å². The Kier molecular flexibility index (Phi) is 3.43. The summed E-state index contributed by atoms with van der Waals surface area (Å²) in [4.78, 5) is 9.56. The summed E-state index contributed by atoms with van der Waals surface area (Å²) in [5.41, 5.74) is 1.86. The maximum atomic E-state index is 13.0. The standard InChI is InChI=1S/C15H12FN3S/c1-2-7-17-15-14-12(18-9-19-15)8-13(20-14)10-3-5-11(16)6-4-10/h2-6,8-9H,1,7H2,(H,17,18,19). The second-order valence-corrected chi connectivity index (χ2v) is 5.28. The van der Waals surface area contributed by atoms with E-state index in [0.717, 1.165) is 26.5 Å². The van der Waals surface area contributed by atoms with Gasteiger partial charge in [-0.05, 0) is 23.8 Å². The van der Waals surface area contributed by atoms with E-state index in [1.165, 1.54) is 18.5 Å². The molecule has 3 aromatic rings. The van der Waals surface area contributed by atoms with Gasteiger partial charge in [-0.2, -0.15) is 0 Å². The van der Waals surface area contributed by atoms with Gasteiger partial charge in [-0.1, -0.05) is 18.2 Å². The molecule has 0 spiro atoms. The number of rotatable bonds is 4. The second kappa shape index (κ2) is 5.38. The highest BCUT2D eigenvalue weighted by molar-refractivity contribution is 7.22. The Morgan fingerprint density at radius 2 is 2.05 bits per heavy atom. The summed E-state index contributed by atoms with van der Waals surface area (Å²) in [6.07, 6.45) is 3.32. The van der Waals surface area contributed by atoms with Crippen LogP contribution < -0.4 is 5.32 Å². The number of anilines is 1. The van der Waals surface area contributed by atoms with E-state index >= 15 is 0 Å². The minimum Gasteiger partial charge on any atom is -0.365 e. The Labute approximate surface area is 119 Å². The van der Waals surface area contributed by atoms with Gasteiger partial charge < -0.3 is 5.32 Å². The van der Waals surface area contributed by atoms with Gasteiger partial charge >= 0.3 is 0 Å². The van der Waals surface area contributed by atoms with E-state index in [4.69, 9.17) is 0 Å². The summed E-state index contributed by atoms with van der Waals surface area (Å²) < 4.78 is 14.0. The number of halogens is 1. The van der Waals surface area contributed by atoms with Crippen molar-refractivity contribution < 1.29 is 4.39 Å². The second-order valence-electron chi connectivity index (χ2n) is 4.22. The summed E-state index contributed by atoms with van der Waals surface area (Å²) in [6.45, 7) is 4.33. The number of nitrogens with one attached hydrogen (secondary N) is 1. The Morgan fingerprint density at radius 3 is 2.80 bits per heavy atom. The Bertz CT molecular complexity index is 749. The van der Waals surface area contributed by atoms with E-state index in [-0.39, 0.29) is 5.82 Å². The SMILES string of the molecule is C=CCNc1ncnc2cc(-c3ccc(F)cc3)sc12. The molecule has 2 aromatic heterocycles. The van der Waals surface area contributed by atoms with Crippen molar-refractivity contribution in [3.05, 3.63) is 55.1 Å². The number of thiophene rings is 1. The molecule has 1 N–H and O–H groups in total. The summed E-state index contributed by atoms with van der Waals surface area (Å²) in [5, 5.41) is 3.19. The zero-order valence-corrected chi connectivity index (χ0v) is 11.5. The number of aromatic nitrogens is 2. The molecule has 0 amide bonds. The topological polar surface area (TPSA) is 37.8 Å². The first-order valence-corrected chi connectivity index (χ1v) is 6.95. The Balaban J connectivity index is 2.05. The molecule has 100 valence electrons. The molecule has 0 saturated carbocycles. The molecule has 1 aromatic carbocycles. The predicted molar refractivity (Wildman–Crippen MR) is 81.5 cm³/mol. The van der Waals surface area contributed by atoms with Crippen LogP contribution in [-0.4, -0.2) is 16.5 Å². The number of hydrogen-bond acceptors (Lipinski definition) is 4. The maximum absolute atomic E-state index is 13.0. The normalized spacial score (nSPS) is 10.7. The lowest BCUT2D eigenvalue weighted by Crippen LogP contribution is -2.00. The number of fused-ring (bicyclic) bond motifs is 1. The van der Waals surface area contributed by atoms with Crippen LogP contribution in [0, 0.1) is 5.82 Å². The lowest BCUT2D eigenvalue weighted by Gasteiger charge is -2.01. The van der Waals surface area contributed by atoms with Crippen molar-refractivity contribution in [3.63, 3.8) is 0 Å². The molecular formula is C15H12FN3S. The highest BCUT2D eigenvalue weighted by Gasteiger charge is 2.09. The van der Waals surface area contributed by atoms with Crippen LogP contribution in [0.1, 0.15) is 0 Å². The highest BCUT2D eigenvalue weighted by atomic mass is 32.1. The van der Waals surface area contributed by atoms with Gasteiger partial charge in [-0.25, -0.2) is 14.4 Å². The molecule has 0 radical (unpaired) electrons. The zero-order valence-electron chi connectivity index (χ0n) is 10.6. The van der Waals surface area contributed by atoms with Crippen LogP contribution in [0.4, 0.5) is 10.2 Å². The van der Waals surface area contributed by atoms with E-state index in [0.29, 0.717) is 6.54 Å². The zero-order chi connectivity index (χ0) is 13.9. The van der Waals surface area contributed by atoms with Crippen molar-refractivity contribution in [2.45, 2.75) is 0 Å². The fraction of sp³-hybridized carbons (Fsp3) is 0.0667. The summed E-state index contributed by atoms with van der Waals surface area (Å²) >= 11 is 1.59. The maximum Gasteiger partial charge on any atom is 0.147 e. The third kappa shape index (κ3) is 2.40. The first-order chi connectivity index (χ1) is 9.78. The minimum atomic E-state index is -0.233. The molecule has 0 unspecified atom stereocenters. The van der Waals surface area contributed by atoms with Gasteiger partial charge in [0, 0.05) is 11.4 Å². The molecule has 0 aliphatic heterocycles. The van der Waals surface area contributed by atoms with Gasteiger partial charge in [0.25, 0.3) is 0 Å². The fourth-order valence-corrected chi connectivity index (χ4v) is 2.99. The van der Waals surface area contributed by atoms with Crippen molar-refractivity contribution in [2.75, 3.05) is 11.9 Å². The van der Waals surface area contributed by atoms with Crippen LogP contribution >= 0.6 is 11.3 Å². The van der Waals surface area contributed by atoms with E-state index < -0.39 is 0 Å². The van der Waals surface area contributed by atoms with Crippen molar-refractivity contribution in [3.8, 4) is 10.4 Å². The van der Waals surface area contributed by atoms with Gasteiger partial charge in [0.15, 0.2) is 0 Å². The Hall–Kier alpha value is -2.27. The quantitative estimate of drug-likeness (QED) is 0.733. The van der Waals surface area contributed by atoms with E-state index in [1.54, 1.807) is 29.5 Å². The molecule has 2 heterocycles. The van der Waals surface area contributed by atoms with Gasteiger partial charge in [-0.3, -0.25) is 0 Å².